The molecule has 0 aliphatic heterocycles. The van der Waals surface area contributed by atoms with Crippen molar-refractivity contribution in [3.8, 4) is 12.1 Å². The van der Waals surface area contributed by atoms with E-state index in [4.69, 9.17) is 10.5 Å². The van der Waals surface area contributed by atoms with Gasteiger partial charge in [-0.1, -0.05) is 6.08 Å². The van der Waals surface area contributed by atoms with Gasteiger partial charge in [0, 0.05) is 16.7 Å². The van der Waals surface area contributed by atoms with Crippen LogP contribution in [0.25, 0.3) is 5.57 Å². The predicted octanol–water partition coefficient (Wildman–Crippen LogP) is 2.91. The van der Waals surface area contributed by atoms with Crippen molar-refractivity contribution < 1.29 is 13.6 Å². The molecule has 0 fully saturated rings. The van der Waals surface area contributed by atoms with Gasteiger partial charge in [0.25, 0.3) is 0 Å². The molecular weight excluding hydrogens is 250 g/mol. The van der Waals surface area contributed by atoms with Crippen molar-refractivity contribution in [3.05, 3.63) is 52.1 Å². The Morgan fingerprint density at radius 3 is 2.16 bits per heavy atom. The third kappa shape index (κ3) is 1.73. The minimum Gasteiger partial charge on any atom is -0.289 e. The highest BCUT2D eigenvalue weighted by atomic mass is 19.2. The number of nitrogens with zero attached hydrogens (tertiary/aromatic N) is 2. The van der Waals surface area contributed by atoms with Gasteiger partial charge in [-0.05, 0) is 24.6 Å². The fourth-order valence-corrected chi connectivity index (χ4v) is 2.03. The number of Topliss-reactive ketones (excluding diaryl/α,β-unsaturated/α-hetero) is 1. The van der Waals surface area contributed by atoms with Crippen molar-refractivity contribution in [3.63, 3.8) is 0 Å². The molecule has 1 aliphatic carbocycles. The Hall–Kier alpha value is -2.79. The van der Waals surface area contributed by atoms with Gasteiger partial charge in [-0.3, -0.25) is 4.79 Å². The number of fused-ring (bicyclic) bond motifs is 1. The Kier molecular flexibility index (Phi) is 2.98. The van der Waals surface area contributed by atoms with Crippen LogP contribution in [0.3, 0.4) is 0 Å². The quantitative estimate of drug-likeness (QED) is 0.529. The van der Waals surface area contributed by atoms with Gasteiger partial charge in [0.15, 0.2) is 17.4 Å². The van der Waals surface area contributed by atoms with Gasteiger partial charge in [0.1, 0.15) is 17.7 Å². The molecule has 0 radical (unpaired) electrons. The van der Waals surface area contributed by atoms with Gasteiger partial charge in [0.2, 0.25) is 0 Å². The Morgan fingerprint density at radius 1 is 1.16 bits per heavy atom. The molecule has 0 saturated carbocycles. The van der Waals surface area contributed by atoms with Crippen LogP contribution in [0.5, 0.6) is 0 Å². The molecule has 0 atom stereocenters. The standard InChI is InChI=1S/C14H6F2N2O/c1-2-8-13(7(5-17)6-18)9-3-11(15)12(16)4-10(9)14(8)19/h2-4H,1H3/b8-2-. The second kappa shape index (κ2) is 4.47. The van der Waals surface area contributed by atoms with Crippen LogP contribution in [0.15, 0.2) is 29.4 Å². The predicted molar refractivity (Wildman–Crippen MR) is 62.6 cm³/mol. The molecule has 0 heterocycles. The number of nitriles is 2. The minimum atomic E-state index is -1.14. The first kappa shape index (κ1) is 12.7. The van der Waals surface area contributed by atoms with Crippen molar-refractivity contribution in [2.75, 3.05) is 0 Å². The first-order valence-corrected chi connectivity index (χ1v) is 5.30. The van der Waals surface area contributed by atoms with E-state index in [1.54, 1.807) is 19.1 Å². The lowest BCUT2D eigenvalue weighted by Gasteiger charge is -2.01. The number of hydrogen-bond acceptors (Lipinski definition) is 3. The lowest BCUT2D eigenvalue weighted by Crippen LogP contribution is -1.96. The van der Waals surface area contributed by atoms with Crippen LogP contribution in [0.1, 0.15) is 22.8 Å². The molecule has 92 valence electrons. The maximum Gasteiger partial charge on any atom is 0.194 e. The summed E-state index contributed by atoms with van der Waals surface area (Å²) in [6.45, 7) is 1.55. The molecule has 3 nitrogen and oxygen atoms in total. The SMILES string of the molecule is C/C=C1\C(=O)c2cc(F)c(F)cc2C1=C(C#N)C#N. The molecule has 0 amide bonds. The number of halogens is 2. The number of hydrogen-bond donors (Lipinski definition) is 0. The van der Waals surface area contributed by atoms with Gasteiger partial charge in [-0.2, -0.15) is 10.5 Å². The van der Waals surface area contributed by atoms with Crippen LogP contribution in [0.4, 0.5) is 8.78 Å². The summed E-state index contributed by atoms with van der Waals surface area (Å²) >= 11 is 0. The molecule has 5 heteroatoms. The fourth-order valence-electron chi connectivity index (χ4n) is 2.03. The number of rotatable bonds is 0. The normalized spacial score (nSPS) is 15.1. The third-order valence-electron chi connectivity index (χ3n) is 2.85. The van der Waals surface area contributed by atoms with Crippen LogP contribution in [0.2, 0.25) is 0 Å². The molecule has 1 aromatic carbocycles. The largest absolute Gasteiger partial charge is 0.289 e. The maximum atomic E-state index is 13.3. The van der Waals surface area contributed by atoms with Crippen LogP contribution in [-0.2, 0) is 0 Å². The molecule has 0 spiro atoms. The molecule has 1 aliphatic rings. The summed E-state index contributed by atoms with van der Waals surface area (Å²) in [6, 6.07) is 4.95. The van der Waals surface area contributed by atoms with E-state index in [1.165, 1.54) is 6.08 Å². The zero-order valence-electron chi connectivity index (χ0n) is 9.79. The van der Waals surface area contributed by atoms with Crippen molar-refractivity contribution in [2.45, 2.75) is 6.92 Å². The summed E-state index contributed by atoms with van der Waals surface area (Å²) in [6.07, 6.45) is 1.42. The maximum absolute atomic E-state index is 13.3. The summed E-state index contributed by atoms with van der Waals surface area (Å²) in [5.41, 5.74) is -0.0872. The Morgan fingerprint density at radius 2 is 1.68 bits per heavy atom. The lowest BCUT2D eigenvalue weighted by atomic mass is 9.99. The summed E-state index contributed by atoms with van der Waals surface area (Å²) in [7, 11) is 0. The molecule has 0 saturated heterocycles. The van der Waals surface area contributed by atoms with Gasteiger partial charge in [0.05, 0.1) is 0 Å². The Labute approximate surface area is 107 Å². The van der Waals surface area contributed by atoms with Gasteiger partial charge in [-0.15, -0.1) is 0 Å². The Balaban J connectivity index is 2.91. The average molecular weight is 256 g/mol. The number of carbonyl (C=O) groups is 1. The van der Waals surface area contributed by atoms with Crippen LogP contribution in [-0.4, -0.2) is 5.78 Å². The van der Waals surface area contributed by atoms with E-state index < -0.39 is 17.4 Å². The van der Waals surface area contributed by atoms with E-state index in [9.17, 15) is 13.6 Å². The molecule has 2 rings (SSSR count). The van der Waals surface area contributed by atoms with E-state index in [-0.39, 0.29) is 27.8 Å². The summed E-state index contributed by atoms with van der Waals surface area (Å²) in [5, 5.41) is 17.8. The monoisotopic (exact) mass is 256 g/mol. The average Bonchev–Trinajstić information content (AvgIpc) is 2.65. The van der Waals surface area contributed by atoms with Crippen LogP contribution in [0, 0.1) is 34.3 Å². The van der Waals surface area contributed by atoms with E-state index in [0.29, 0.717) is 0 Å². The van der Waals surface area contributed by atoms with E-state index >= 15 is 0 Å². The molecule has 0 N–H and O–H groups in total. The lowest BCUT2D eigenvalue weighted by molar-refractivity contribution is 0.104. The smallest absolute Gasteiger partial charge is 0.194 e. The Bertz CT molecular complexity index is 730. The van der Waals surface area contributed by atoms with Gasteiger partial charge in [-0.25, -0.2) is 8.78 Å². The molecular formula is C14H6F2N2O. The highest BCUT2D eigenvalue weighted by molar-refractivity contribution is 6.27. The molecule has 0 bridgehead atoms. The zero-order chi connectivity index (χ0) is 14.2. The number of ketones is 1. The third-order valence-corrected chi connectivity index (χ3v) is 2.85. The number of carbonyl (C=O) groups excluding carboxylic acids is 1. The van der Waals surface area contributed by atoms with Crippen molar-refractivity contribution >= 4 is 11.4 Å². The first-order valence-electron chi connectivity index (χ1n) is 5.30. The van der Waals surface area contributed by atoms with Crippen LogP contribution < -0.4 is 0 Å². The van der Waals surface area contributed by atoms with Crippen molar-refractivity contribution in [1.29, 1.82) is 10.5 Å². The summed E-state index contributed by atoms with van der Waals surface area (Å²) in [4.78, 5) is 12.0. The van der Waals surface area contributed by atoms with Gasteiger partial charge >= 0.3 is 0 Å². The summed E-state index contributed by atoms with van der Waals surface area (Å²) in [5.74, 6) is -2.79. The molecule has 0 aromatic heterocycles. The van der Waals surface area contributed by atoms with Crippen molar-refractivity contribution in [1.82, 2.24) is 0 Å². The van der Waals surface area contributed by atoms with E-state index in [2.05, 4.69) is 0 Å². The highest BCUT2D eigenvalue weighted by Gasteiger charge is 2.33. The van der Waals surface area contributed by atoms with Gasteiger partial charge < -0.3 is 0 Å². The molecule has 0 unspecified atom stereocenters. The second-order valence-corrected chi connectivity index (χ2v) is 3.82. The summed E-state index contributed by atoms with van der Waals surface area (Å²) < 4.78 is 26.5. The zero-order valence-corrected chi connectivity index (χ0v) is 9.79. The first-order chi connectivity index (χ1) is 9.04. The topological polar surface area (TPSA) is 64.7 Å². The fraction of sp³-hybridized carbons (Fsp3) is 0.0714. The molecule has 1 aromatic rings. The van der Waals surface area contributed by atoms with Crippen LogP contribution >= 0.6 is 0 Å². The van der Waals surface area contributed by atoms with Crippen molar-refractivity contribution in [2.24, 2.45) is 0 Å². The minimum absolute atomic E-state index is 0.0370. The highest BCUT2D eigenvalue weighted by Crippen LogP contribution is 2.39. The number of allylic oxidation sites excluding steroid dienone is 4. The number of benzene rings is 1. The second-order valence-electron chi connectivity index (χ2n) is 3.82. The molecule has 19 heavy (non-hydrogen) atoms. The van der Waals surface area contributed by atoms with E-state index in [1.807, 2.05) is 0 Å². The van der Waals surface area contributed by atoms with E-state index in [0.717, 1.165) is 12.1 Å².